The van der Waals surface area contributed by atoms with E-state index in [9.17, 15) is 29.1 Å². The highest BCUT2D eigenvalue weighted by molar-refractivity contribution is 6.02. The molecule has 4 fully saturated rings. The third kappa shape index (κ3) is 15.5. The van der Waals surface area contributed by atoms with Crippen molar-refractivity contribution in [1.29, 1.82) is 0 Å². The Hall–Kier alpha value is -6.78. The number of anilines is 1. The van der Waals surface area contributed by atoms with Crippen molar-refractivity contribution < 1.29 is 43.7 Å². The maximum atomic E-state index is 15.0. The molecule has 5 atom stereocenters. The van der Waals surface area contributed by atoms with Crippen LogP contribution in [0.1, 0.15) is 116 Å². The maximum absolute atomic E-state index is 15.0. The Bertz CT molecular complexity index is 2920. The minimum Gasteiger partial charge on any atom is -0.508 e. The predicted octanol–water partition coefficient (Wildman–Crippen LogP) is 6.13. The highest BCUT2D eigenvalue weighted by atomic mass is 16.5. The molecule has 3 saturated heterocycles. The summed E-state index contributed by atoms with van der Waals surface area (Å²) in [6.45, 7) is 21.6. The van der Waals surface area contributed by atoms with Crippen molar-refractivity contribution in [2.24, 2.45) is 34.2 Å². The zero-order valence-electron chi connectivity index (χ0n) is 50.6. The van der Waals surface area contributed by atoms with Gasteiger partial charge in [-0.3, -0.25) is 39.0 Å². The van der Waals surface area contributed by atoms with E-state index in [1.54, 1.807) is 24.3 Å². The minimum atomic E-state index is -1.01. The van der Waals surface area contributed by atoms with Crippen LogP contribution in [0.4, 0.5) is 5.69 Å². The number of hydrogen-bond donors (Lipinski definition) is 7. The van der Waals surface area contributed by atoms with E-state index in [1.165, 1.54) is 0 Å². The van der Waals surface area contributed by atoms with Crippen molar-refractivity contribution >= 4 is 47.2 Å². The van der Waals surface area contributed by atoms with Crippen molar-refractivity contribution in [3.63, 3.8) is 0 Å². The van der Waals surface area contributed by atoms with Crippen LogP contribution in [0.15, 0.2) is 60.7 Å². The molecule has 2 aromatic heterocycles. The molecular weight excluding hydrogens is 1060 g/mol. The average molecular weight is 1150 g/mol. The number of likely N-dealkylation sites (N-methyl/N-ethyl adjacent to an activating group) is 2. The molecule has 3 aliphatic heterocycles. The fourth-order valence-electron chi connectivity index (χ4n) is 12.8. The number of aryl methyl sites for hydroxylation is 1. The van der Waals surface area contributed by atoms with Gasteiger partial charge in [-0.2, -0.15) is 0 Å². The number of nitrogens with one attached hydrogen (secondary N) is 3. The molecule has 21 nitrogen and oxygen atoms in total. The number of carbonyl (C=O) groups excluding carboxylic acids is 5. The monoisotopic (exact) mass is 1150 g/mol. The van der Waals surface area contributed by atoms with Crippen LogP contribution in [0.5, 0.6) is 5.75 Å². The van der Waals surface area contributed by atoms with E-state index in [4.69, 9.17) is 31.1 Å². The molecule has 5 heterocycles. The number of aromatic hydroxyl groups is 1. The molecule has 83 heavy (non-hydrogen) atoms. The number of nitrogens with two attached hydrogens (primary N) is 2. The van der Waals surface area contributed by atoms with Crippen LogP contribution in [0, 0.1) is 22.7 Å². The molecule has 1 aliphatic carbocycles. The van der Waals surface area contributed by atoms with Crippen molar-refractivity contribution in [2.45, 2.75) is 137 Å². The number of carbonyl (C=O) groups is 5. The second kappa shape index (κ2) is 28.2. The van der Waals surface area contributed by atoms with Crippen molar-refractivity contribution in [3.8, 4) is 28.1 Å². The molecule has 8 rings (SSSR count). The first-order valence-electron chi connectivity index (χ1n) is 29.5. The standard InChI is InChI=1S/C59H85N9O7.C3H7N3O2/c1-11-66-50-19-18-41(32-45(50)47(34-59(6,7)36-75-37-69)53(66)46-33-43(35-61-52(46)38(2)74-10)65-26-24-64(9)25-27-65)42-28-39(29-44(70)31-42)30-49(56(72)68-22-15-14-21-62-68)63-55(71)51(40-16-12-13-17-40)57(73)67-23-20-48(60-8)54(67)58(3,4)5;4-3(8)1-6(5)2-7/h18-19,28-29,31-33,35,37-38,40,48-49,51,54,60,62,70H,11-17,20-27,30,34,36H2,1-10H3,(H,63,71);1-2,8H,4-5H2/b;3-1+. The molecule has 4 aromatic rings. The summed E-state index contributed by atoms with van der Waals surface area (Å²) >= 11 is 0. The number of likely N-dealkylation sites (tertiary alicyclic amines) is 1. The first-order chi connectivity index (χ1) is 39.5. The summed E-state index contributed by atoms with van der Waals surface area (Å²) in [4.78, 5) is 77.6. The van der Waals surface area contributed by atoms with Crippen LogP contribution < -0.4 is 32.5 Å². The van der Waals surface area contributed by atoms with Crippen molar-refractivity contribution in [2.75, 3.05) is 78.5 Å². The fourth-order valence-corrected chi connectivity index (χ4v) is 12.8. The van der Waals surface area contributed by atoms with Crippen LogP contribution in [-0.2, 0) is 52.8 Å². The summed E-state index contributed by atoms with van der Waals surface area (Å²) in [6.07, 6.45) is 9.54. The normalized spacial score (nSPS) is 19.5. The third-order valence-corrected chi connectivity index (χ3v) is 17.0. The number of fused-ring (bicyclic) bond motifs is 1. The van der Waals surface area contributed by atoms with Gasteiger partial charge >= 0.3 is 0 Å². The molecule has 21 heteroatoms. The van der Waals surface area contributed by atoms with Crippen molar-refractivity contribution in [3.05, 3.63) is 77.6 Å². The van der Waals surface area contributed by atoms with E-state index < -0.39 is 29.2 Å². The van der Waals surface area contributed by atoms with Gasteiger partial charge in [0.1, 0.15) is 17.7 Å². The van der Waals surface area contributed by atoms with Gasteiger partial charge in [0.05, 0.1) is 48.2 Å². The number of piperazine rings is 1. The number of aliphatic hydroxyl groups is 1. The first-order valence-corrected chi connectivity index (χ1v) is 29.5. The molecular formula is C62H92N12O9. The summed E-state index contributed by atoms with van der Waals surface area (Å²) in [5.74, 6) is 2.46. The second-order valence-corrected chi connectivity index (χ2v) is 24.8. The summed E-state index contributed by atoms with van der Waals surface area (Å²) in [6, 6.07) is 13.0. The van der Waals surface area contributed by atoms with Crippen LogP contribution in [0.2, 0.25) is 0 Å². The Morgan fingerprint density at radius 2 is 1.66 bits per heavy atom. The number of aliphatic hydroxyl groups excluding tert-OH is 1. The van der Waals surface area contributed by atoms with Crippen LogP contribution in [0.25, 0.3) is 33.3 Å². The van der Waals surface area contributed by atoms with Crippen LogP contribution >= 0.6 is 0 Å². The Kier molecular flexibility index (Phi) is 21.7. The number of benzene rings is 2. The number of phenols is 1. The highest BCUT2D eigenvalue weighted by Gasteiger charge is 2.48. The molecule has 1 saturated carbocycles. The summed E-state index contributed by atoms with van der Waals surface area (Å²) in [5, 5.41) is 29.6. The first kappa shape index (κ1) is 63.8. The summed E-state index contributed by atoms with van der Waals surface area (Å²) < 4.78 is 13.8. The molecule has 9 N–H and O–H groups in total. The number of rotatable bonds is 21. The summed E-state index contributed by atoms with van der Waals surface area (Å²) in [7, 11) is 5.80. The number of nitrogens with zero attached hydrogens (tertiary/aromatic N) is 7. The number of methoxy groups -OCH3 is 1. The molecule has 454 valence electrons. The van der Waals surface area contributed by atoms with Gasteiger partial charge in [0.2, 0.25) is 18.2 Å². The number of ether oxygens (including phenoxy) is 2. The van der Waals surface area contributed by atoms with Gasteiger partial charge in [-0.25, -0.2) is 11.3 Å². The van der Waals surface area contributed by atoms with Crippen LogP contribution in [0.3, 0.4) is 0 Å². The third-order valence-electron chi connectivity index (χ3n) is 17.0. The Balaban J connectivity index is 0.00000115. The molecule has 0 bridgehead atoms. The number of hydrazine groups is 2. The Morgan fingerprint density at radius 1 is 0.940 bits per heavy atom. The largest absolute Gasteiger partial charge is 0.508 e. The van der Waals surface area contributed by atoms with Gasteiger partial charge in [-0.1, -0.05) is 59.6 Å². The van der Waals surface area contributed by atoms with Gasteiger partial charge in [-0.15, -0.1) is 0 Å². The molecule has 5 unspecified atom stereocenters. The van der Waals surface area contributed by atoms with Gasteiger partial charge in [-0.05, 0) is 130 Å². The minimum absolute atomic E-state index is 0.0285. The maximum Gasteiger partial charge on any atom is 0.293 e. The van der Waals surface area contributed by atoms with Gasteiger partial charge in [0, 0.05) is 93.8 Å². The smallest absolute Gasteiger partial charge is 0.293 e. The molecule has 0 spiro atoms. The van der Waals surface area contributed by atoms with Crippen LogP contribution in [-0.4, -0.2) is 162 Å². The zero-order chi connectivity index (χ0) is 60.3. The average Bonchev–Trinajstić information content (AvgIpc) is 4.05. The van der Waals surface area contributed by atoms with E-state index >= 15 is 0 Å². The number of pyridine rings is 1. The quantitative estimate of drug-likeness (QED) is 0.0124. The molecule has 4 aliphatic rings. The van der Waals surface area contributed by atoms with E-state index in [-0.39, 0.29) is 60.1 Å². The summed E-state index contributed by atoms with van der Waals surface area (Å²) in [5.41, 5.74) is 15.5. The van der Waals surface area contributed by atoms with E-state index in [1.807, 2.05) is 31.1 Å². The number of aromatic nitrogens is 2. The SMILES string of the molecule is CCn1c(-c2cc(N3CCN(C)CC3)cnc2C(C)OC)c(CC(C)(C)COC=O)c2cc(-c3cc(O)cc(CC(NC(=O)C(C(=O)N4CCC(NC)C4C(C)(C)C)C4CCCC4)C(=O)N4CCCCN4)c3)ccc21.N/C(O)=C\N(N)C=O. The lowest BCUT2D eigenvalue weighted by Gasteiger charge is -2.40. The van der Waals surface area contributed by atoms with Gasteiger partial charge < -0.3 is 55.3 Å². The van der Waals surface area contributed by atoms with E-state index in [0.29, 0.717) is 56.1 Å². The number of hydrogen-bond acceptors (Lipinski definition) is 16. The Labute approximate surface area is 490 Å². The van der Waals surface area contributed by atoms with Crippen molar-refractivity contribution in [1.82, 2.24) is 45.4 Å². The lowest BCUT2D eigenvalue weighted by atomic mass is 9.81. The highest BCUT2D eigenvalue weighted by Crippen LogP contribution is 2.44. The lowest BCUT2D eigenvalue weighted by molar-refractivity contribution is -0.149. The van der Waals surface area contributed by atoms with E-state index in [0.717, 1.165) is 128 Å². The zero-order valence-corrected chi connectivity index (χ0v) is 50.6. The van der Waals surface area contributed by atoms with Gasteiger partial charge in [0.15, 0.2) is 5.88 Å². The predicted molar refractivity (Wildman–Crippen MR) is 322 cm³/mol. The number of phenolic OH excluding ortho intramolecular Hbond substituents is 1. The number of amides is 4. The van der Waals surface area contributed by atoms with Gasteiger partial charge in [0.25, 0.3) is 12.4 Å². The van der Waals surface area contributed by atoms with E-state index in [2.05, 4.69) is 103 Å². The molecule has 4 amide bonds. The topological polar surface area (TPSA) is 266 Å². The fraction of sp³-hybridized carbons (Fsp3) is 0.581. The molecule has 2 aromatic carbocycles. The second-order valence-electron chi connectivity index (χ2n) is 24.8. The lowest BCUT2D eigenvalue weighted by Crippen LogP contribution is -2.59. The Morgan fingerprint density at radius 3 is 2.27 bits per heavy atom. The molecule has 0 radical (unpaired) electrons.